The summed E-state index contributed by atoms with van der Waals surface area (Å²) in [4.78, 5) is 20.4. The van der Waals surface area contributed by atoms with Crippen LogP contribution in [0.5, 0.6) is 0 Å². The first-order valence-corrected chi connectivity index (χ1v) is 7.29. The quantitative estimate of drug-likeness (QED) is 0.784. The topological polar surface area (TPSA) is 59.8 Å². The third-order valence-electron chi connectivity index (χ3n) is 3.53. The van der Waals surface area contributed by atoms with E-state index in [1.54, 1.807) is 29.1 Å². The van der Waals surface area contributed by atoms with E-state index >= 15 is 0 Å². The second-order valence-electron chi connectivity index (χ2n) is 5.28. The molecule has 8 heteroatoms. The lowest BCUT2D eigenvalue weighted by Crippen LogP contribution is -2.14. The highest BCUT2D eigenvalue weighted by molar-refractivity contribution is 6.04. The molecule has 1 aromatic carbocycles. The molecule has 0 spiro atoms. The predicted molar refractivity (Wildman–Crippen MR) is 85.5 cm³/mol. The minimum Gasteiger partial charge on any atom is -0.321 e. The number of nitrogens with zero attached hydrogens (tertiary/aromatic N) is 3. The number of alkyl halides is 3. The number of anilines is 1. The molecule has 0 bridgehead atoms. The highest BCUT2D eigenvalue weighted by Gasteiger charge is 2.30. The Kier molecular flexibility index (Phi) is 4.26. The van der Waals surface area contributed by atoms with Crippen LogP contribution in [0.3, 0.4) is 0 Å². The molecule has 1 N–H and O–H groups in total. The summed E-state index contributed by atoms with van der Waals surface area (Å²) in [7, 11) is 0. The number of benzene rings is 1. The molecule has 0 aliphatic carbocycles. The highest BCUT2D eigenvalue weighted by atomic mass is 19.4. The van der Waals surface area contributed by atoms with Crippen molar-refractivity contribution in [2.75, 3.05) is 5.32 Å². The van der Waals surface area contributed by atoms with E-state index in [0.717, 1.165) is 18.0 Å². The number of amides is 1. The van der Waals surface area contributed by atoms with Crippen molar-refractivity contribution in [2.45, 2.75) is 13.1 Å². The molecule has 3 aromatic rings. The Labute approximate surface area is 141 Å². The maximum atomic E-state index is 12.7. The zero-order chi connectivity index (χ0) is 18.0. The van der Waals surface area contributed by atoms with Gasteiger partial charge in [-0.1, -0.05) is 6.07 Å². The van der Waals surface area contributed by atoms with Gasteiger partial charge in [0.05, 0.1) is 17.4 Å². The molecular weight excluding hydrogens is 333 g/mol. The Hall–Kier alpha value is -3.16. The largest absolute Gasteiger partial charge is 0.416 e. The summed E-state index contributed by atoms with van der Waals surface area (Å²) in [6, 6.07) is 7.54. The standard InChI is InChI=1S/C17H13F3N4O/c1-11-21-7-8-24(11)15-6-5-14(10-22-15)23-16(25)12-3-2-4-13(9-12)17(18,19)20/h2-10H,1H3,(H,23,25). The first-order chi connectivity index (χ1) is 11.8. The number of hydrogen-bond acceptors (Lipinski definition) is 3. The van der Waals surface area contributed by atoms with Crippen LogP contribution in [-0.4, -0.2) is 20.4 Å². The Balaban J connectivity index is 1.76. The van der Waals surface area contributed by atoms with E-state index in [2.05, 4.69) is 15.3 Å². The molecule has 0 radical (unpaired) electrons. The third-order valence-corrected chi connectivity index (χ3v) is 3.53. The second kappa shape index (κ2) is 6.39. The lowest BCUT2D eigenvalue weighted by molar-refractivity contribution is -0.137. The number of pyridine rings is 1. The van der Waals surface area contributed by atoms with E-state index in [4.69, 9.17) is 0 Å². The number of carbonyl (C=O) groups is 1. The number of halogens is 3. The molecule has 0 saturated heterocycles. The highest BCUT2D eigenvalue weighted by Crippen LogP contribution is 2.29. The van der Waals surface area contributed by atoms with Gasteiger partial charge >= 0.3 is 6.18 Å². The summed E-state index contributed by atoms with van der Waals surface area (Å²) in [6.45, 7) is 1.82. The van der Waals surface area contributed by atoms with Gasteiger partial charge in [0, 0.05) is 18.0 Å². The average Bonchev–Trinajstić information content (AvgIpc) is 3.01. The van der Waals surface area contributed by atoms with Gasteiger partial charge < -0.3 is 5.32 Å². The molecule has 0 aliphatic heterocycles. The van der Waals surface area contributed by atoms with Crippen molar-refractivity contribution in [3.8, 4) is 5.82 Å². The van der Waals surface area contributed by atoms with Crippen LogP contribution in [0, 0.1) is 6.92 Å². The summed E-state index contributed by atoms with van der Waals surface area (Å²) in [5, 5.41) is 2.53. The van der Waals surface area contributed by atoms with Gasteiger partial charge in [-0.25, -0.2) is 9.97 Å². The van der Waals surface area contributed by atoms with E-state index in [0.29, 0.717) is 11.5 Å². The van der Waals surface area contributed by atoms with Crippen molar-refractivity contribution >= 4 is 11.6 Å². The number of carbonyl (C=O) groups excluding carboxylic acids is 1. The number of rotatable bonds is 3. The van der Waals surface area contributed by atoms with Crippen LogP contribution in [-0.2, 0) is 6.18 Å². The molecule has 0 aliphatic rings. The van der Waals surface area contributed by atoms with Gasteiger partial charge in [-0.3, -0.25) is 9.36 Å². The molecule has 0 atom stereocenters. The molecule has 3 rings (SSSR count). The molecule has 0 fully saturated rings. The summed E-state index contributed by atoms with van der Waals surface area (Å²) in [5.41, 5.74) is -0.572. The first-order valence-electron chi connectivity index (χ1n) is 7.29. The lowest BCUT2D eigenvalue weighted by Gasteiger charge is -2.10. The van der Waals surface area contributed by atoms with E-state index < -0.39 is 17.6 Å². The van der Waals surface area contributed by atoms with E-state index in [9.17, 15) is 18.0 Å². The maximum Gasteiger partial charge on any atom is 0.416 e. The lowest BCUT2D eigenvalue weighted by atomic mass is 10.1. The van der Waals surface area contributed by atoms with Gasteiger partial charge in [0.2, 0.25) is 0 Å². The smallest absolute Gasteiger partial charge is 0.321 e. The second-order valence-corrected chi connectivity index (χ2v) is 5.28. The summed E-state index contributed by atoms with van der Waals surface area (Å²) >= 11 is 0. The fourth-order valence-electron chi connectivity index (χ4n) is 2.26. The van der Waals surface area contributed by atoms with Crippen LogP contribution < -0.4 is 5.32 Å². The molecule has 128 valence electrons. The van der Waals surface area contributed by atoms with Gasteiger partial charge in [-0.2, -0.15) is 13.2 Å². The van der Waals surface area contributed by atoms with Crippen molar-refractivity contribution in [3.05, 3.63) is 71.9 Å². The molecule has 5 nitrogen and oxygen atoms in total. The van der Waals surface area contributed by atoms with Gasteiger partial charge in [0.15, 0.2) is 0 Å². The van der Waals surface area contributed by atoms with Gasteiger partial charge in [-0.05, 0) is 37.3 Å². The van der Waals surface area contributed by atoms with Crippen LogP contribution in [0.25, 0.3) is 5.82 Å². The fraction of sp³-hybridized carbons (Fsp3) is 0.118. The van der Waals surface area contributed by atoms with Gasteiger partial charge in [-0.15, -0.1) is 0 Å². The maximum absolute atomic E-state index is 12.7. The van der Waals surface area contributed by atoms with E-state index in [1.165, 1.54) is 18.3 Å². The number of aryl methyl sites for hydroxylation is 1. The zero-order valence-corrected chi connectivity index (χ0v) is 13.1. The monoisotopic (exact) mass is 346 g/mol. The Morgan fingerprint density at radius 1 is 1.16 bits per heavy atom. The van der Waals surface area contributed by atoms with Crippen LogP contribution in [0.2, 0.25) is 0 Å². The number of hydrogen-bond donors (Lipinski definition) is 1. The number of nitrogens with one attached hydrogen (secondary N) is 1. The molecule has 25 heavy (non-hydrogen) atoms. The predicted octanol–water partition coefficient (Wildman–Crippen LogP) is 3.85. The van der Waals surface area contributed by atoms with Gasteiger partial charge in [0.1, 0.15) is 11.6 Å². The van der Waals surface area contributed by atoms with Crippen LogP contribution >= 0.6 is 0 Å². The summed E-state index contributed by atoms with van der Waals surface area (Å²) in [6.07, 6.45) is 0.321. The van der Waals surface area contributed by atoms with Gasteiger partial charge in [0.25, 0.3) is 5.91 Å². The van der Waals surface area contributed by atoms with Crippen molar-refractivity contribution in [1.29, 1.82) is 0 Å². The average molecular weight is 346 g/mol. The molecule has 0 unspecified atom stereocenters. The molecule has 0 saturated carbocycles. The summed E-state index contributed by atoms with van der Waals surface area (Å²) in [5.74, 6) is 0.736. The molecule has 2 aromatic heterocycles. The Bertz CT molecular complexity index is 901. The SMILES string of the molecule is Cc1nccn1-c1ccc(NC(=O)c2cccc(C(F)(F)F)c2)cn1. The third kappa shape index (κ3) is 3.68. The molecule has 1 amide bonds. The Morgan fingerprint density at radius 2 is 1.96 bits per heavy atom. The van der Waals surface area contributed by atoms with Crippen LogP contribution in [0.1, 0.15) is 21.7 Å². The molecular formula is C17H13F3N4O. The molecule has 2 heterocycles. The van der Waals surface area contributed by atoms with Crippen LogP contribution in [0.15, 0.2) is 55.0 Å². The number of imidazole rings is 1. The Morgan fingerprint density at radius 3 is 2.56 bits per heavy atom. The van der Waals surface area contributed by atoms with Crippen molar-refractivity contribution in [3.63, 3.8) is 0 Å². The minimum atomic E-state index is -4.50. The van der Waals surface area contributed by atoms with Crippen molar-refractivity contribution in [2.24, 2.45) is 0 Å². The normalized spacial score (nSPS) is 11.4. The minimum absolute atomic E-state index is 0.0793. The van der Waals surface area contributed by atoms with Crippen molar-refractivity contribution < 1.29 is 18.0 Å². The first kappa shape index (κ1) is 16.7. The van der Waals surface area contributed by atoms with E-state index in [-0.39, 0.29) is 5.56 Å². The number of aromatic nitrogens is 3. The fourth-order valence-corrected chi connectivity index (χ4v) is 2.26. The van der Waals surface area contributed by atoms with Crippen LogP contribution in [0.4, 0.5) is 18.9 Å². The summed E-state index contributed by atoms with van der Waals surface area (Å²) < 4.78 is 39.9. The van der Waals surface area contributed by atoms with E-state index in [1.807, 2.05) is 6.92 Å². The van der Waals surface area contributed by atoms with Crippen molar-refractivity contribution in [1.82, 2.24) is 14.5 Å². The zero-order valence-electron chi connectivity index (χ0n) is 13.1.